The van der Waals surface area contributed by atoms with Gasteiger partial charge in [-0.15, -0.1) is 5.10 Å². The van der Waals surface area contributed by atoms with Crippen LogP contribution in [0.3, 0.4) is 0 Å². The van der Waals surface area contributed by atoms with Crippen molar-refractivity contribution in [1.29, 1.82) is 0 Å². The molecule has 1 N–H and O–H groups in total. The van der Waals surface area contributed by atoms with Crippen molar-refractivity contribution < 1.29 is 4.79 Å². The van der Waals surface area contributed by atoms with Gasteiger partial charge in [0.25, 0.3) is 5.91 Å². The average molecular weight is 328 g/mol. The minimum atomic E-state index is -0.233. The number of fused-ring (bicyclic) bond motifs is 1. The first-order valence-electron chi connectivity index (χ1n) is 6.01. The number of nitrogens with zero attached hydrogens (tertiary/aromatic N) is 2. The third-order valence-electron chi connectivity index (χ3n) is 2.86. The van der Waals surface area contributed by atoms with Gasteiger partial charge in [0.15, 0.2) is 5.71 Å². The van der Waals surface area contributed by atoms with Gasteiger partial charge < -0.3 is 5.32 Å². The molecule has 4 nitrogen and oxygen atoms in total. The van der Waals surface area contributed by atoms with Gasteiger partial charge in [0.1, 0.15) is 0 Å². The van der Waals surface area contributed by atoms with E-state index in [4.69, 9.17) is 0 Å². The van der Waals surface area contributed by atoms with Gasteiger partial charge >= 0.3 is 0 Å². The monoisotopic (exact) mass is 327 g/mol. The highest BCUT2D eigenvalue weighted by molar-refractivity contribution is 9.10. The van der Waals surface area contributed by atoms with E-state index in [2.05, 4.69) is 31.4 Å². The highest BCUT2D eigenvalue weighted by atomic mass is 79.9. The molecule has 98 valence electrons. The third kappa shape index (κ3) is 2.53. The summed E-state index contributed by atoms with van der Waals surface area (Å²) in [7, 11) is 0. The normalized spacial score (nSPS) is 15.7. The van der Waals surface area contributed by atoms with Crippen molar-refractivity contribution in [1.82, 2.24) is 0 Å². The summed E-state index contributed by atoms with van der Waals surface area (Å²) in [5.74, 6) is -0.233. The summed E-state index contributed by atoms with van der Waals surface area (Å²) >= 11 is 3.38. The molecule has 2 aromatic rings. The molecule has 1 amide bonds. The summed E-state index contributed by atoms with van der Waals surface area (Å²) in [4.78, 5) is 11.9. The summed E-state index contributed by atoms with van der Waals surface area (Å²) in [6.07, 6.45) is 1.62. The molecular weight excluding hydrogens is 318 g/mol. The SMILES string of the molecule is O=C1Nc2ccc(Br)cc2/C1=N\N=C\c1ccccc1. The fourth-order valence-electron chi connectivity index (χ4n) is 1.92. The van der Waals surface area contributed by atoms with E-state index < -0.39 is 0 Å². The average Bonchev–Trinajstić information content (AvgIpc) is 2.76. The van der Waals surface area contributed by atoms with E-state index in [0.29, 0.717) is 5.71 Å². The van der Waals surface area contributed by atoms with Crippen LogP contribution in [-0.4, -0.2) is 17.8 Å². The van der Waals surface area contributed by atoms with E-state index in [1.54, 1.807) is 6.21 Å². The Kier molecular flexibility index (Phi) is 3.43. The van der Waals surface area contributed by atoms with E-state index in [1.807, 2.05) is 48.5 Å². The molecule has 2 aromatic carbocycles. The highest BCUT2D eigenvalue weighted by Gasteiger charge is 2.26. The van der Waals surface area contributed by atoms with Gasteiger partial charge in [-0.25, -0.2) is 0 Å². The van der Waals surface area contributed by atoms with Crippen LogP contribution < -0.4 is 5.32 Å². The van der Waals surface area contributed by atoms with Crippen molar-refractivity contribution in [3.05, 3.63) is 64.1 Å². The Morgan fingerprint density at radius 3 is 2.70 bits per heavy atom. The van der Waals surface area contributed by atoms with Gasteiger partial charge in [-0.3, -0.25) is 4.79 Å². The number of amides is 1. The van der Waals surface area contributed by atoms with E-state index in [-0.39, 0.29) is 5.91 Å². The molecule has 5 heteroatoms. The fourth-order valence-corrected chi connectivity index (χ4v) is 2.28. The van der Waals surface area contributed by atoms with Gasteiger partial charge in [0, 0.05) is 10.0 Å². The molecule has 0 aliphatic carbocycles. The molecule has 0 bridgehead atoms. The van der Waals surface area contributed by atoms with Crippen LogP contribution in [0.5, 0.6) is 0 Å². The van der Waals surface area contributed by atoms with E-state index in [9.17, 15) is 4.79 Å². The Labute approximate surface area is 124 Å². The number of benzene rings is 2. The first kappa shape index (κ1) is 12.7. The summed E-state index contributed by atoms with van der Waals surface area (Å²) in [6.45, 7) is 0. The highest BCUT2D eigenvalue weighted by Crippen LogP contribution is 2.26. The lowest BCUT2D eigenvalue weighted by Gasteiger charge is -1.96. The zero-order valence-corrected chi connectivity index (χ0v) is 12.0. The maximum Gasteiger partial charge on any atom is 0.276 e. The Hall–Kier alpha value is -2.27. The van der Waals surface area contributed by atoms with E-state index in [1.165, 1.54) is 0 Å². The molecule has 1 heterocycles. The standard InChI is InChI=1S/C15H10BrN3O/c16-11-6-7-13-12(8-11)14(15(20)18-13)19-17-9-10-4-2-1-3-5-10/h1-9H,(H,18,19,20)/b17-9+. The van der Waals surface area contributed by atoms with E-state index in [0.717, 1.165) is 21.3 Å². The molecule has 0 radical (unpaired) electrons. The number of anilines is 1. The largest absolute Gasteiger partial charge is 0.320 e. The lowest BCUT2D eigenvalue weighted by atomic mass is 10.1. The molecule has 1 aliphatic rings. The van der Waals surface area contributed by atoms with E-state index >= 15 is 0 Å². The summed E-state index contributed by atoms with van der Waals surface area (Å²) in [5, 5.41) is 10.8. The fraction of sp³-hybridized carbons (Fsp3) is 0. The van der Waals surface area contributed by atoms with Crippen molar-refractivity contribution in [3.8, 4) is 0 Å². The van der Waals surface area contributed by atoms with Crippen molar-refractivity contribution in [2.24, 2.45) is 10.2 Å². The predicted molar refractivity (Wildman–Crippen MR) is 83.3 cm³/mol. The topological polar surface area (TPSA) is 53.8 Å². The van der Waals surface area contributed by atoms with Crippen LogP contribution in [0.4, 0.5) is 5.69 Å². The number of nitrogens with one attached hydrogen (secondary N) is 1. The maximum atomic E-state index is 11.9. The number of rotatable bonds is 2. The number of carbonyl (C=O) groups excluding carboxylic acids is 1. The van der Waals surface area contributed by atoms with Crippen molar-refractivity contribution in [3.63, 3.8) is 0 Å². The molecule has 3 rings (SSSR count). The van der Waals surface area contributed by atoms with Crippen LogP contribution in [0.15, 0.2) is 63.2 Å². The lowest BCUT2D eigenvalue weighted by Crippen LogP contribution is -2.13. The van der Waals surface area contributed by atoms with Crippen molar-refractivity contribution in [2.45, 2.75) is 0 Å². The van der Waals surface area contributed by atoms with Crippen LogP contribution in [0.2, 0.25) is 0 Å². The molecule has 0 saturated carbocycles. The van der Waals surface area contributed by atoms with Crippen LogP contribution >= 0.6 is 15.9 Å². The van der Waals surface area contributed by atoms with Crippen LogP contribution in [-0.2, 0) is 4.79 Å². The summed E-state index contributed by atoms with van der Waals surface area (Å²) in [6, 6.07) is 15.2. The Morgan fingerprint density at radius 2 is 1.90 bits per heavy atom. The van der Waals surface area contributed by atoms with Crippen LogP contribution in [0.25, 0.3) is 0 Å². The minimum Gasteiger partial charge on any atom is -0.320 e. The number of hydrogen-bond donors (Lipinski definition) is 1. The summed E-state index contributed by atoms with van der Waals surface area (Å²) in [5.41, 5.74) is 2.78. The Morgan fingerprint density at radius 1 is 1.10 bits per heavy atom. The Bertz CT molecular complexity index is 723. The second-order valence-electron chi connectivity index (χ2n) is 4.25. The zero-order valence-electron chi connectivity index (χ0n) is 10.4. The van der Waals surface area contributed by atoms with Gasteiger partial charge in [-0.2, -0.15) is 5.10 Å². The third-order valence-corrected chi connectivity index (χ3v) is 3.36. The van der Waals surface area contributed by atoms with Crippen LogP contribution in [0.1, 0.15) is 11.1 Å². The molecule has 0 fully saturated rings. The minimum absolute atomic E-state index is 0.233. The first-order valence-corrected chi connectivity index (χ1v) is 6.81. The zero-order chi connectivity index (χ0) is 13.9. The quantitative estimate of drug-likeness (QED) is 0.668. The molecule has 1 aliphatic heterocycles. The number of hydrogen-bond acceptors (Lipinski definition) is 3. The second kappa shape index (κ2) is 5.38. The van der Waals surface area contributed by atoms with Gasteiger partial charge in [0.05, 0.1) is 11.9 Å². The molecule has 0 atom stereocenters. The molecule has 20 heavy (non-hydrogen) atoms. The molecule has 0 aromatic heterocycles. The lowest BCUT2D eigenvalue weighted by molar-refractivity contribution is -0.110. The van der Waals surface area contributed by atoms with Gasteiger partial charge in [-0.1, -0.05) is 46.3 Å². The first-order chi connectivity index (χ1) is 9.74. The second-order valence-corrected chi connectivity index (χ2v) is 5.16. The van der Waals surface area contributed by atoms with Gasteiger partial charge in [-0.05, 0) is 23.8 Å². The Balaban J connectivity index is 1.91. The molecule has 0 spiro atoms. The van der Waals surface area contributed by atoms with Gasteiger partial charge in [0.2, 0.25) is 0 Å². The van der Waals surface area contributed by atoms with Crippen LogP contribution in [0, 0.1) is 0 Å². The number of carbonyl (C=O) groups is 1. The van der Waals surface area contributed by atoms with Crippen molar-refractivity contribution >= 4 is 39.5 Å². The smallest absolute Gasteiger partial charge is 0.276 e. The molecular formula is C15H10BrN3O. The molecule has 0 saturated heterocycles. The maximum absolute atomic E-state index is 11.9. The van der Waals surface area contributed by atoms with Crippen molar-refractivity contribution in [2.75, 3.05) is 5.32 Å². The summed E-state index contributed by atoms with van der Waals surface area (Å²) < 4.78 is 0.896. The number of halogens is 1. The molecule has 0 unspecified atom stereocenters. The predicted octanol–water partition coefficient (Wildman–Crippen LogP) is 3.22.